The molecule has 0 aliphatic carbocycles. The first kappa shape index (κ1) is 28.7. The Morgan fingerprint density at radius 3 is 2.26 bits per heavy atom. The Kier molecular flexibility index (Phi) is 9.32. The van der Waals surface area contributed by atoms with E-state index in [0.29, 0.717) is 16.7 Å². The van der Waals surface area contributed by atoms with Crippen molar-refractivity contribution in [1.82, 2.24) is 14.9 Å². The number of anilines is 3. The number of aromatic nitrogens is 2. The molecule has 3 aromatic rings. The highest BCUT2D eigenvalue weighted by Crippen LogP contribution is 2.36. The smallest absolute Gasteiger partial charge is 0.225 e. The number of fused-ring (bicyclic) bond motifs is 1. The second-order valence-electron chi connectivity index (χ2n) is 9.39. The van der Waals surface area contributed by atoms with Gasteiger partial charge in [0.05, 0.1) is 19.2 Å². The van der Waals surface area contributed by atoms with Crippen LogP contribution in [0.3, 0.4) is 0 Å². The second kappa shape index (κ2) is 12.7. The molecule has 1 aliphatic heterocycles. The predicted molar refractivity (Wildman–Crippen MR) is 142 cm³/mol. The number of alkyl halides is 1. The van der Waals surface area contributed by atoms with Crippen LogP contribution in [-0.4, -0.2) is 118 Å². The fourth-order valence-electron chi connectivity index (χ4n) is 4.33. The molecule has 2 heterocycles. The van der Waals surface area contributed by atoms with Crippen LogP contribution in [0.5, 0.6) is 11.5 Å². The molecule has 1 aliphatic rings. The summed E-state index contributed by atoms with van der Waals surface area (Å²) in [5.74, 6) is 0.773. The Bertz CT molecular complexity index is 1230. The van der Waals surface area contributed by atoms with Gasteiger partial charge in [-0.2, -0.15) is 0 Å². The maximum absolute atomic E-state index is 13.0. The summed E-state index contributed by atoms with van der Waals surface area (Å²) in [5.41, 5.74) is 2.41. The number of likely N-dealkylation sites (N-methyl/N-ethyl adjacent to an activating group) is 1. The number of hydrogen-bond donors (Lipinski definition) is 6. The number of nitrogens with zero attached hydrogens (tertiary/aromatic N) is 4. The first-order chi connectivity index (χ1) is 18.7. The Morgan fingerprint density at radius 1 is 0.949 bits per heavy atom. The fourth-order valence-corrected chi connectivity index (χ4v) is 4.33. The van der Waals surface area contributed by atoms with Crippen molar-refractivity contribution < 1.29 is 39.4 Å². The number of aliphatic hydroxyl groups excluding tert-OH is 5. The average molecular weight is 548 g/mol. The molecule has 5 atom stereocenters. The summed E-state index contributed by atoms with van der Waals surface area (Å²) >= 11 is 0. The van der Waals surface area contributed by atoms with Crippen molar-refractivity contribution in [3.63, 3.8) is 0 Å². The van der Waals surface area contributed by atoms with Gasteiger partial charge in [-0.3, -0.25) is 0 Å². The van der Waals surface area contributed by atoms with Crippen LogP contribution in [0.25, 0.3) is 10.9 Å². The minimum Gasteiger partial charge on any atom is -0.493 e. The molecule has 2 aromatic carbocycles. The highest BCUT2D eigenvalue weighted by Gasteiger charge is 2.36. The first-order valence-corrected chi connectivity index (χ1v) is 12.5. The van der Waals surface area contributed by atoms with Crippen LogP contribution < -0.4 is 19.7 Å². The first-order valence-electron chi connectivity index (χ1n) is 12.5. The van der Waals surface area contributed by atoms with Crippen LogP contribution in [0.15, 0.2) is 42.7 Å². The molecular formula is C26H34FN5O7. The number of hydrogen-bond acceptors (Lipinski definition) is 12. The van der Waals surface area contributed by atoms with Gasteiger partial charge in [-0.05, 0) is 37.4 Å². The van der Waals surface area contributed by atoms with Crippen molar-refractivity contribution >= 4 is 28.1 Å². The highest BCUT2D eigenvalue weighted by molar-refractivity contribution is 5.93. The molecule has 39 heavy (non-hydrogen) atoms. The molecule has 212 valence electrons. The van der Waals surface area contributed by atoms with Gasteiger partial charge in [0, 0.05) is 49.0 Å². The van der Waals surface area contributed by atoms with E-state index in [0.717, 1.165) is 37.6 Å². The number of aliphatic hydroxyl groups is 5. The van der Waals surface area contributed by atoms with Gasteiger partial charge in [0.1, 0.15) is 30.5 Å². The van der Waals surface area contributed by atoms with Crippen molar-refractivity contribution in [1.29, 1.82) is 0 Å². The average Bonchev–Trinajstić information content (AvgIpc) is 2.95. The number of benzene rings is 2. The van der Waals surface area contributed by atoms with Crippen molar-refractivity contribution in [2.45, 2.75) is 30.8 Å². The third-order valence-corrected chi connectivity index (χ3v) is 6.74. The third-order valence-electron chi connectivity index (χ3n) is 6.74. The molecule has 1 aromatic heterocycles. The Labute approximate surface area is 224 Å². The van der Waals surface area contributed by atoms with E-state index in [1.807, 2.05) is 12.1 Å². The van der Waals surface area contributed by atoms with Crippen LogP contribution >= 0.6 is 0 Å². The molecule has 0 saturated carbocycles. The van der Waals surface area contributed by atoms with Crippen LogP contribution in [0, 0.1) is 0 Å². The number of ether oxygens (including phenoxy) is 2. The monoisotopic (exact) mass is 547 g/mol. The zero-order valence-electron chi connectivity index (χ0n) is 21.7. The quantitative estimate of drug-likeness (QED) is 0.194. The zero-order chi connectivity index (χ0) is 28.1. The molecule has 0 bridgehead atoms. The summed E-state index contributed by atoms with van der Waals surface area (Å²) in [4.78, 5) is 13.3. The lowest BCUT2D eigenvalue weighted by Gasteiger charge is -2.34. The Balaban J connectivity index is 1.54. The SMILES string of the molecule is COc1cc2c(Nc3ccc(N4CCN(C)CC4)cc3)ncnc2cc1O[C@H](CO)[C@H](O)[C@@H](O)[C@H](O)C(O)F. The molecular weight excluding hydrogens is 513 g/mol. The molecule has 0 spiro atoms. The number of rotatable bonds is 11. The van der Waals surface area contributed by atoms with Gasteiger partial charge in [0.2, 0.25) is 6.36 Å². The fraction of sp³-hybridized carbons (Fsp3) is 0.462. The maximum Gasteiger partial charge on any atom is 0.225 e. The van der Waals surface area contributed by atoms with Gasteiger partial charge in [-0.25, -0.2) is 14.4 Å². The molecule has 6 N–H and O–H groups in total. The molecule has 4 rings (SSSR count). The van der Waals surface area contributed by atoms with E-state index in [4.69, 9.17) is 14.6 Å². The number of nitrogens with one attached hydrogen (secondary N) is 1. The topological polar surface area (TPSA) is 164 Å². The third kappa shape index (κ3) is 6.64. The van der Waals surface area contributed by atoms with Gasteiger partial charge in [-0.15, -0.1) is 0 Å². The summed E-state index contributed by atoms with van der Waals surface area (Å²) in [6.45, 7) is 3.17. The van der Waals surface area contributed by atoms with Crippen LogP contribution in [-0.2, 0) is 0 Å². The zero-order valence-corrected chi connectivity index (χ0v) is 21.7. The Morgan fingerprint density at radius 2 is 1.64 bits per heavy atom. The van der Waals surface area contributed by atoms with Crippen LogP contribution in [0.2, 0.25) is 0 Å². The molecule has 1 fully saturated rings. The van der Waals surface area contributed by atoms with Gasteiger partial charge in [0.15, 0.2) is 17.6 Å². The standard InChI is InChI=1S/C26H34FN5O7/c1-31-7-9-32(10-8-31)16-5-3-15(4-6-16)30-26-17-11-19(38-2)20(12-18(17)28-14-29-26)39-21(13-33)22(34)23(35)24(36)25(27)37/h3-6,11-12,14,21-25,33-37H,7-10,13H2,1-2H3,(H,28,29,30)/t21-,22+,23-,24+,25?/m1/s1. The minimum absolute atomic E-state index is 0.0618. The summed E-state index contributed by atoms with van der Waals surface area (Å²) in [5, 5.41) is 52.3. The van der Waals surface area contributed by atoms with E-state index in [1.165, 1.54) is 19.5 Å². The van der Waals surface area contributed by atoms with Gasteiger partial charge >= 0.3 is 0 Å². The van der Waals surface area contributed by atoms with Crippen molar-refractivity contribution in [2.24, 2.45) is 0 Å². The maximum atomic E-state index is 13.0. The molecule has 1 unspecified atom stereocenters. The molecule has 0 amide bonds. The van der Waals surface area contributed by atoms with E-state index in [1.54, 1.807) is 6.07 Å². The van der Waals surface area contributed by atoms with Crippen molar-refractivity contribution in [3.8, 4) is 11.5 Å². The number of halogens is 1. The molecule has 1 saturated heterocycles. The second-order valence-corrected chi connectivity index (χ2v) is 9.39. The minimum atomic E-state index is -2.80. The predicted octanol–water partition coefficient (Wildman–Crippen LogP) is 0.244. The van der Waals surface area contributed by atoms with E-state index in [-0.39, 0.29) is 11.5 Å². The molecule has 0 radical (unpaired) electrons. The largest absolute Gasteiger partial charge is 0.493 e. The van der Waals surface area contributed by atoms with E-state index in [2.05, 4.69) is 44.3 Å². The molecule has 13 heteroatoms. The summed E-state index contributed by atoms with van der Waals surface area (Å²) in [6.07, 6.45) is -9.29. The number of methoxy groups -OCH3 is 1. The lowest BCUT2D eigenvalue weighted by atomic mass is 10.0. The highest BCUT2D eigenvalue weighted by atomic mass is 19.1. The van der Waals surface area contributed by atoms with Crippen LogP contribution in [0.1, 0.15) is 0 Å². The van der Waals surface area contributed by atoms with Crippen LogP contribution in [0.4, 0.5) is 21.6 Å². The van der Waals surface area contributed by atoms with Gasteiger partial charge < -0.3 is 50.1 Å². The van der Waals surface area contributed by atoms with E-state index in [9.17, 15) is 24.8 Å². The van der Waals surface area contributed by atoms with Crippen molar-refractivity contribution in [3.05, 3.63) is 42.7 Å². The lowest BCUT2D eigenvalue weighted by Crippen LogP contribution is -2.51. The molecule has 12 nitrogen and oxygen atoms in total. The van der Waals surface area contributed by atoms with Crippen molar-refractivity contribution in [2.75, 3.05) is 57.2 Å². The number of piperazine rings is 1. The summed E-state index contributed by atoms with van der Waals surface area (Å²) in [7, 11) is 3.51. The lowest BCUT2D eigenvalue weighted by molar-refractivity contribution is -0.162. The van der Waals surface area contributed by atoms with Gasteiger partial charge in [-0.1, -0.05) is 0 Å². The van der Waals surface area contributed by atoms with Gasteiger partial charge in [0.25, 0.3) is 0 Å². The van der Waals surface area contributed by atoms with E-state index >= 15 is 0 Å². The summed E-state index contributed by atoms with van der Waals surface area (Å²) in [6, 6.07) is 11.2. The summed E-state index contributed by atoms with van der Waals surface area (Å²) < 4.78 is 24.1. The normalized spacial score (nSPS) is 18.3. The Hall–Kier alpha value is -3.33. The van der Waals surface area contributed by atoms with E-state index < -0.39 is 37.4 Å².